The topological polar surface area (TPSA) is 64.3 Å². The molecule has 0 fully saturated rings. The number of hydrogen-bond acceptors (Lipinski definition) is 4. The fraction of sp³-hybridized carbons (Fsp3) is 0.556. The van der Waals surface area contributed by atoms with Crippen molar-refractivity contribution < 1.29 is 14.6 Å². The molecule has 0 amide bonds. The van der Waals surface area contributed by atoms with Crippen LogP contribution in [-0.2, 0) is 4.74 Å². The molecule has 5 heteroatoms. The molecule has 1 atom stereocenters. The number of esters is 1. The van der Waals surface area contributed by atoms with Gasteiger partial charge < -0.3 is 14.4 Å². The fourth-order valence-corrected chi connectivity index (χ4v) is 0.983. The zero-order valence-electron chi connectivity index (χ0n) is 8.30. The van der Waals surface area contributed by atoms with Gasteiger partial charge in [-0.2, -0.15) is 0 Å². The van der Waals surface area contributed by atoms with E-state index in [0.29, 0.717) is 6.61 Å². The highest BCUT2D eigenvalue weighted by Gasteiger charge is 2.11. The zero-order chi connectivity index (χ0) is 10.6. The Labute approximate surface area is 82.3 Å². The summed E-state index contributed by atoms with van der Waals surface area (Å²) in [6, 6.07) is -0.0781. The van der Waals surface area contributed by atoms with Crippen molar-refractivity contribution in [1.29, 1.82) is 0 Å². The monoisotopic (exact) mass is 198 g/mol. The number of carbonyl (C=O) groups excluding carboxylic acids is 1. The molecule has 14 heavy (non-hydrogen) atoms. The second-order valence-electron chi connectivity index (χ2n) is 2.96. The molecule has 1 aromatic rings. The van der Waals surface area contributed by atoms with Crippen molar-refractivity contribution in [2.24, 2.45) is 0 Å². The van der Waals surface area contributed by atoms with Crippen LogP contribution in [0.1, 0.15) is 30.4 Å². The van der Waals surface area contributed by atoms with Crippen LogP contribution in [0.3, 0.4) is 0 Å². The van der Waals surface area contributed by atoms with Crippen molar-refractivity contribution in [3.8, 4) is 0 Å². The lowest BCUT2D eigenvalue weighted by Gasteiger charge is -2.07. The van der Waals surface area contributed by atoms with E-state index in [9.17, 15) is 4.79 Å². The summed E-state index contributed by atoms with van der Waals surface area (Å²) in [6.07, 6.45) is 3.08. The van der Waals surface area contributed by atoms with Gasteiger partial charge in [-0.15, -0.1) is 0 Å². The van der Waals surface area contributed by atoms with Gasteiger partial charge in [-0.05, 0) is 13.8 Å². The van der Waals surface area contributed by atoms with Crippen molar-refractivity contribution in [3.05, 3.63) is 18.2 Å². The Morgan fingerprint density at radius 3 is 3.07 bits per heavy atom. The number of aliphatic hydroxyl groups is 1. The average Bonchev–Trinajstić information content (AvgIpc) is 2.66. The van der Waals surface area contributed by atoms with Crippen LogP contribution in [0.15, 0.2) is 12.5 Å². The molecule has 1 N–H and O–H groups in total. The Balaban J connectivity index is 2.72. The van der Waals surface area contributed by atoms with Crippen LogP contribution in [0.5, 0.6) is 0 Å². The minimum atomic E-state index is -0.434. The van der Waals surface area contributed by atoms with Gasteiger partial charge in [0, 0.05) is 6.20 Å². The number of imidazole rings is 1. The van der Waals surface area contributed by atoms with E-state index in [0.717, 1.165) is 0 Å². The third-order valence-corrected chi connectivity index (χ3v) is 1.86. The van der Waals surface area contributed by atoms with Gasteiger partial charge in [0.2, 0.25) is 0 Å². The van der Waals surface area contributed by atoms with Crippen molar-refractivity contribution >= 4 is 5.97 Å². The lowest BCUT2D eigenvalue weighted by molar-refractivity contribution is 0.0520. The van der Waals surface area contributed by atoms with Gasteiger partial charge in [0.05, 0.1) is 25.6 Å². The van der Waals surface area contributed by atoms with E-state index in [1.165, 1.54) is 6.33 Å². The molecule has 0 aliphatic carbocycles. The number of aliphatic hydroxyl groups excluding tert-OH is 1. The van der Waals surface area contributed by atoms with Gasteiger partial charge in [0.25, 0.3) is 0 Å². The molecular formula is C9H14N2O3. The molecule has 0 aliphatic heterocycles. The molecule has 0 radical (unpaired) electrons. The molecule has 1 heterocycles. The van der Waals surface area contributed by atoms with Crippen LogP contribution in [0.25, 0.3) is 0 Å². The molecular weight excluding hydrogens is 184 g/mol. The van der Waals surface area contributed by atoms with E-state index < -0.39 is 5.97 Å². The summed E-state index contributed by atoms with van der Waals surface area (Å²) in [5.74, 6) is -0.434. The van der Waals surface area contributed by atoms with Gasteiger partial charge in [-0.1, -0.05) is 0 Å². The Morgan fingerprint density at radius 1 is 1.79 bits per heavy atom. The van der Waals surface area contributed by atoms with Gasteiger partial charge >= 0.3 is 5.97 Å². The highest BCUT2D eigenvalue weighted by Crippen LogP contribution is 2.06. The molecule has 1 rings (SSSR count). The third kappa shape index (κ3) is 2.32. The molecule has 0 spiro atoms. The molecule has 0 saturated heterocycles. The summed E-state index contributed by atoms with van der Waals surface area (Å²) < 4.78 is 6.45. The van der Waals surface area contributed by atoms with Crippen LogP contribution in [0.2, 0.25) is 0 Å². The van der Waals surface area contributed by atoms with Crippen molar-refractivity contribution in [1.82, 2.24) is 9.55 Å². The molecule has 0 aliphatic rings. The van der Waals surface area contributed by atoms with Gasteiger partial charge in [0.1, 0.15) is 0 Å². The molecule has 0 aromatic carbocycles. The Kier molecular flexibility index (Phi) is 3.64. The SMILES string of the molecule is CCOC(=O)c1cn(C(C)CO)cn1. The number of ether oxygens (including phenoxy) is 1. The smallest absolute Gasteiger partial charge is 0.358 e. The predicted octanol–water partition coefficient (Wildman–Crippen LogP) is 0.613. The number of rotatable bonds is 4. The Hall–Kier alpha value is -1.36. The van der Waals surface area contributed by atoms with E-state index >= 15 is 0 Å². The quantitative estimate of drug-likeness (QED) is 0.720. The number of nitrogens with zero attached hydrogens (tertiary/aromatic N) is 2. The highest BCUT2D eigenvalue weighted by molar-refractivity contribution is 5.86. The van der Waals surface area contributed by atoms with Crippen LogP contribution < -0.4 is 0 Å². The van der Waals surface area contributed by atoms with Gasteiger partial charge in [-0.25, -0.2) is 9.78 Å². The van der Waals surface area contributed by atoms with Crippen molar-refractivity contribution in [2.45, 2.75) is 19.9 Å². The standard InChI is InChI=1S/C9H14N2O3/c1-3-14-9(13)8-4-11(6-10-8)7(2)5-12/h4,6-7,12H,3,5H2,1-2H3. The lowest BCUT2D eigenvalue weighted by Crippen LogP contribution is -2.08. The summed E-state index contributed by atoms with van der Waals surface area (Å²) in [5, 5.41) is 8.87. The first-order chi connectivity index (χ1) is 6.69. The number of hydrogen-bond donors (Lipinski definition) is 1. The Bertz CT molecular complexity index is 309. The second kappa shape index (κ2) is 4.76. The average molecular weight is 198 g/mol. The summed E-state index contributed by atoms with van der Waals surface area (Å²) in [7, 11) is 0. The maximum absolute atomic E-state index is 11.2. The Morgan fingerprint density at radius 2 is 2.50 bits per heavy atom. The summed E-state index contributed by atoms with van der Waals surface area (Å²) in [4.78, 5) is 15.1. The summed E-state index contributed by atoms with van der Waals surface area (Å²) in [5.41, 5.74) is 0.271. The molecule has 1 aromatic heterocycles. The third-order valence-electron chi connectivity index (χ3n) is 1.86. The van der Waals surface area contributed by atoms with Crippen LogP contribution in [0, 0.1) is 0 Å². The molecule has 1 unspecified atom stereocenters. The first-order valence-electron chi connectivity index (χ1n) is 4.50. The fourth-order valence-electron chi connectivity index (χ4n) is 0.983. The van der Waals surface area contributed by atoms with E-state index in [-0.39, 0.29) is 18.3 Å². The van der Waals surface area contributed by atoms with Crippen LogP contribution >= 0.6 is 0 Å². The largest absolute Gasteiger partial charge is 0.461 e. The van der Waals surface area contributed by atoms with Crippen LogP contribution in [-0.4, -0.2) is 33.8 Å². The molecule has 78 valence electrons. The summed E-state index contributed by atoms with van der Waals surface area (Å²) >= 11 is 0. The van der Waals surface area contributed by atoms with E-state index in [1.54, 1.807) is 17.7 Å². The van der Waals surface area contributed by atoms with Crippen molar-refractivity contribution in [2.75, 3.05) is 13.2 Å². The highest BCUT2D eigenvalue weighted by atomic mass is 16.5. The molecule has 0 bridgehead atoms. The number of aromatic nitrogens is 2. The molecule has 0 saturated carbocycles. The lowest BCUT2D eigenvalue weighted by atomic mass is 10.3. The predicted molar refractivity (Wildman–Crippen MR) is 50.0 cm³/mol. The van der Waals surface area contributed by atoms with Gasteiger partial charge in [0.15, 0.2) is 5.69 Å². The first-order valence-corrected chi connectivity index (χ1v) is 4.50. The number of carbonyl (C=O) groups is 1. The maximum atomic E-state index is 11.2. The van der Waals surface area contributed by atoms with Crippen molar-refractivity contribution in [3.63, 3.8) is 0 Å². The second-order valence-corrected chi connectivity index (χ2v) is 2.96. The van der Waals surface area contributed by atoms with E-state index in [4.69, 9.17) is 9.84 Å². The minimum absolute atomic E-state index is 0.0125. The van der Waals surface area contributed by atoms with Gasteiger partial charge in [-0.3, -0.25) is 0 Å². The van der Waals surface area contributed by atoms with E-state index in [2.05, 4.69) is 4.98 Å². The van der Waals surface area contributed by atoms with Crippen LogP contribution in [0.4, 0.5) is 0 Å². The normalized spacial score (nSPS) is 12.5. The maximum Gasteiger partial charge on any atom is 0.358 e. The minimum Gasteiger partial charge on any atom is -0.461 e. The summed E-state index contributed by atoms with van der Waals surface area (Å²) in [6.45, 7) is 3.92. The van der Waals surface area contributed by atoms with E-state index in [1.807, 2.05) is 6.92 Å². The first kappa shape index (κ1) is 10.7. The molecule has 5 nitrogen and oxygen atoms in total. The zero-order valence-corrected chi connectivity index (χ0v) is 8.30.